The van der Waals surface area contributed by atoms with Crippen LogP contribution in [0.2, 0.25) is 5.02 Å². The van der Waals surface area contributed by atoms with Crippen LogP contribution in [-0.4, -0.2) is 35.0 Å². The van der Waals surface area contributed by atoms with E-state index in [-0.39, 0.29) is 12.1 Å². The minimum Gasteiger partial charge on any atom is -0.490 e. The smallest absolute Gasteiger partial charge is 0.174 e. The molecule has 6 nitrogen and oxygen atoms in total. The van der Waals surface area contributed by atoms with E-state index < -0.39 is 0 Å². The van der Waals surface area contributed by atoms with Crippen LogP contribution in [0.5, 0.6) is 5.75 Å². The Hall–Kier alpha value is -3.39. The Morgan fingerprint density at radius 3 is 2.53 bits per heavy atom. The predicted molar refractivity (Wildman–Crippen MR) is 147 cm³/mol. The molecule has 0 aliphatic carbocycles. The molecule has 0 spiro atoms. The summed E-state index contributed by atoms with van der Waals surface area (Å²) in [5.41, 5.74) is 5.16. The highest BCUT2D eigenvalue weighted by atomic mass is 35.5. The Morgan fingerprint density at radius 1 is 1.00 bits per heavy atom. The van der Waals surface area contributed by atoms with Crippen LogP contribution in [0.25, 0.3) is 5.69 Å². The molecule has 1 aliphatic rings. The molecule has 8 heteroatoms. The van der Waals surface area contributed by atoms with E-state index in [0.29, 0.717) is 29.1 Å². The Labute approximate surface area is 221 Å². The van der Waals surface area contributed by atoms with Crippen molar-refractivity contribution in [2.45, 2.75) is 19.0 Å². The number of nitrogens with one attached hydrogen (secondary N) is 1. The maximum atomic E-state index is 6.63. The van der Waals surface area contributed by atoms with Crippen LogP contribution in [0.4, 0.5) is 5.69 Å². The van der Waals surface area contributed by atoms with Crippen molar-refractivity contribution in [3.05, 3.63) is 107 Å². The van der Waals surface area contributed by atoms with Gasteiger partial charge in [0, 0.05) is 36.6 Å². The maximum absolute atomic E-state index is 6.63. The fourth-order valence-corrected chi connectivity index (χ4v) is 5.08. The zero-order chi connectivity index (χ0) is 25.1. The van der Waals surface area contributed by atoms with Crippen molar-refractivity contribution in [1.82, 2.24) is 14.9 Å². The lowest BCUT2D eigenvalue weighted by Crippen LogP contribution is -2.30. The topological polar surface area (TPSA) is 51.6 Å². The van der Waals surface area contributed by atoms with E-state index in [9.17, 15) is 0 Å². The zero-order valence-electron chi connectivity index (χ0n) is 20.1. The molecule has 1 saturated heterocycles. The number of hydrogen-bond acceptors (Lipinski definition) is 4. The Balaban J connectivity index is 1.58. The van der Waals surface area contributed by atoms with Gasteiger partial charge >= 0.3 is 0 Å². The summed E-state index contributed by atoms with van der Waals surface area (Å²) >= 11 is 12.5. The van der Waals surface area contributed by atoms with Gasteiger partial charge in [-0.05, 0) is 73.7 Å². The number of aromatic nitrogens is 2. The SMILES string of the molecule is COCCOc1ccc(N2C(=S)N[C@H](c3ccccn3)[C@@H]2c2cccn2-c2ccc(C)cc2)cc1Cl. The van der Waals surface area contributed by atoms with E-state index in [1.165, 1.54) is 5.56 Å². The number of benzene rings is 2. The van der Waals surface area contributed by atoms with Gasteiger partial charge in [-0.1, -0.05) is 35.4 Å². The van der Waals surface area contributed by atoms with Gasteiger partial charge in [-0.3, -0.25) is 4.98 Å². The molecular formula is C28H27ClN4O2S. The van der Waals surface area contributed by atoms with Gasteiger partial charge in [-0.2, -0.15) is 0 Å². The molecule has 4 aromatic rings. The molecule has 0 radical (unpaired) electrons. The lowest BCUT2D eigenvalue weighted by molar-refractivity contribution is 0.146. The normalized spacial score (nSPS) is 17.3. The lowest BCUT2D eigenvalue weighted by atomic mass is 10.0. The highest BCUT2D eigenvalue weighted by Crippen LogP contribution is 2.43. The minimum absolute atomic E-state index is 0.158. The summed E-state index contributed by atoms with van der Waals surface area (Å²) in [6, 6.07) is 24.0. The van der Waals surface area contributed by atoms with Gasteiger partial charge in [-0.25, -0.2) is 0 Å². The molecule has 2 aromatic carbocycles. The third kappa shape index (κ3) is 4.82. The monoisotopic (exact) mass is 518 g/mol. The van der Waals surface area contributed by atoms with E-state index in [4.69, 9.17) is 33.3 Å². The average molecular weight is 519 g/mol. The van der Waals surface area contributed by atoms with Gasteiger partial charge in [0.15, 0.2) is 5.11 Å². The lowest BCUT2D eigenvalue weighted by Gasteiger charge is -2.29. The quantitative estimate of drug-likeness (QED) is 0.227. The van der Waals surface area contributed by atoms with Crippen LogP contribution in [0.3, 0.4) is 0 Å². The van der Waals surface area contributed by atoms with Crippen LogP contribution < -0.4 is 15.0 Å². The van der Waals surface area contributed by atoms with Crippen LogP contribution in [0.15, 0.2) is 85.2 Å². The molecule has 1 aliphatic heterocycles. The van der Waals surface area contributed by atoms with Gasteiger partial charge in [0.05, 0.1) is 23.4 Å². The maximum Gasteiger partial charge on any atom is 0.174 e. The second kappa shape index (κ2) is 10.7. The molecule has 184 valence electrons. The highest BCUT2D eigenvalue weighted by Gasteiger charge is 2.42. The second-order valence-corrected chi connectivity index (χ2v) is 9.39. The summed E-state index contributed by atoms with van der Waals surface area (Å²) in [5, 5.41) is 4.63. The molecular weight excluding hydrogens is 492 g/mol. The van der Waals surface area contributed by atoms with Crippen LogP contribution >= 0.6 is 23.8 Å². The number of pyridine rings is 1. The van der Waals surface area contributed by atoms with Gasteiger partial charge in [0.2, 0.25) is 0 Å². The first-order valence-electron chi connectivity index (χ1n) is 11.7. The Bertz CT molecular complexity index is 1340. The van der Waals surface area contributed by atoms with Crippen LogP contribution in [-0.2, 0) is 4.74 Å². The van der Waals surface area contributed by atoms with Crippen molar-refractivity contribution >= 4 is 34.6 Å². The third-order valence-corrected chi connectivity index (χ3v) is 6.84. The molecule has 1 fully saturated rings. The fourth-order valence-electron chi connectivity index (χ4n) is 4.50. The molecule has 5 rings (SSSR count). The molecule has 0 unspecified atom stereocenters. The third-order valence-electron chi connectivity index (χ3n) is 6.23. The molecule has 0 saturated carbocycles. The molecule has 2 aromatic heterocycles. The van der Waals surface area contributed by atoms with Gasteiger partial charge in [0.1, 0.15) is 18.4 Å². The summed E-state index contributed by atoms with van der Waals surface area (Å²) in [4.78, 5) is 6.77. The van der Waals surface area contributed by atoms with E-state index in [0.717, 1.165) is 22.8 Å². The molecule has 0 amide bonds. The summed E-state index contributed by atoms with van der Waals surface area (Å²) in [7, 11) is 1.64. The van der Waals surface area contributed by atoms with E-state index in [1.54, 1.807) is 7.11 Å². The molecule has 0 bridgehead atoms. The number of hydrogen-bond donors (Lipinski definition) is 1. The number of nitrogens with zero attached hydrogens (tertiary/aromatic N) is 3. The number of aryl methyl sites for hydroxylation is 1. The number of thiocarbonyl (C=S) groups is 1. The number of halogens is 1. The number of anilines is 1. The van der Waals surface area contributed by atoms with Crippen molar-refractivity contribution in [3.8, 4) is 11.4 Å². The van der Waals surface area contributed by atoms with E-state index >= 15 is 0 Å². The number of ether oxygens (including phenoxy) is 2. The van der Waals surface area contributed by atoms with Crippen molar-refractivity contribution in [1.29, 1.82) is 0 Å². The van der Waals surface area contributed by atoms with Crippen molar-refractivity contribution in [2.24, 2.45) is 0 Å². The predicted octanol–water partition coefficient (Wildman–Crippen LogP) is 6.04. The summed E-state index contributed by atoms with van der Waals surface area (Å²) in [6.07, 6.45) is 3.89. The first kappa shape index (κ1) is 24.3. The number of rotatable bonds is 8. The first-order valence-corrected chi connectivity index (χ1v) is 12.5. The van der Waals surface area contributed by atoms with Crippen LogP contribution in [0.1, 0.15) is 29.0 Å². The number of methoxy groups -OCH3 is 1. The minimum atomic E-state index is -0.167. The Morgan fingerprint density at radius 2 is 1.81 bits per heavy atom. The van der Waals surface area contributed by atoms with Crippen molar-refractivity contribution < 1.29 is 9.47 Å². The Kier molecular flexibility index (Phi) is 7.23. The largest absolute Gasteiger partial charge is 0.490 e. The average Bonchev–Trinajstić information content (AvgIpc) is 3.50. The highest BCUT2D eigenvalue weighted by molar-refractivity contribution is 7.80. The van der Waals surface area contributed by atoms with Crippen molar-refractivity contribution in [2.75, 3.05) is 25.2 Å². The second-order valence-electron chi connectivity index (χ2n) is 8.59. The fraction of sp³-hybridized carbons (Fsp3) is 0.214. The molecule has 1 N–H and O–H groups in total. The van der Waals surface area contributed by atoms with E-state index in [1.807, 2.05) is 42.6 Å². The summed E-state index contributed by atoms with van der Waals surface area (Å²) < 4.78 is 13.0. The van der Waals surface area contributed by atoms with Gasteiger partial charge in [-0.15, -0.1) is 0 Å². The molecule has 36 heavy (non-hydrogen) atoms. The zero-order valence-corrected chi connectivity index (χ0v) is 21.7. The molecule has 2 atom stereocenters. The van der Waals surface area contributed by atoms with Gasteiger partial charge < -0.3 is 24.3 Å². The van der Waals surface area contributed by atoms with Crippen LogP contribution in [0, 0.1) is 6.92 Å². The van der Waals surface area contributed by atoms with E-state index in [2.05, 4.69) is 69.3 Å². The van der Waals surface area contributed by atoms with Crippen molar-refractivity contribution in [3.63, 3.8) is 0 Å². The standard InChI is InChI=1S/C28H27ClN4O2S/c1-19-8-10-20(11-9-19)32-15-5-7-24(32)27-26(23-6-3-4-14-30-23)31-28(36)33(27)21-12-13-25(22(29)18-21)35-17-16-34-2/h3-15,18,26-27H,16-17H2,1-2H3,(H,31,36)/t26-,27+/m1/s1. The van der Waals surface area contributed by atoms with Gasteiger partial charge in [0.25, 0.3) is 0 Å². The molecule has 3 heterocycles. The summed E-state index contributed by atoms with van der Waals surface area (Å²) in [6.45, 7) is 3.00. The first-order chi connectivity index (χ1) is 17.6. The summed E-state index contributed by atoms with van der Waals surface area (Å²) in [5.74, 6) is 0.608.